The van der Waals surface area contributed by atoms with Gasteiger partial charge in [0.2, 0.25) is 0 Å². The zero-order valence-corrected chi connectivity index (χ0v) is 7.23. The molecule has 0 amide bonds. The first-order valence-electron chi connectivity index (χ1n) is 4.72. The molecule has 0 N–H and O–H groups in total. The molecular weight excluding hydrogens is 136 g/mol. The maximum absolute atomic E-state index is 11.1. The van der Waals surface area contributed by atoms with Crippen LogP contribution < -0.4 is 0 Å². The normalized spacial score (nSPS) is 44.1. The van der Waals surface area contributed by atoms with E-state index in [4.69, 9.17) is 0 Å². The largest absolute Gasteiger partial charge is 0.300 e. The molecule has 0 aromatic heterocycles. The van der Waals surface area contributed by atoms with Crippen molar-refractivity contribution in [3.05, 3.63) is 0 Å². The molecule has 0 aromatic rings. The predicted octanol–water partition coefficient (Wildman–Crippen LogP) is 2.55. The van der Waals surface area contributed by atoms with Gasteiger partial charge in [0.05, 0.1) is 0 Å². The van der Waals surface area contributed by atoms with Gasteiger partial charge in [0.25, 0.3) is 0 Å². The Labute approximate surface area is 68.2 Å². The summed E-state index contributed by atoms with van der Waals surface area (Å²) < 4.78 is 0. The Balaban J connectivity index is 2.07. The molecule has 11 heavy (non-hydrogen) atoms. The van der Waals surface area contributed by atoms with Crippen molar-refractivity contribution in [2.24, 2.45) is 11.3 Å². The quantitative estimate of drug-likeness (QED) is 0.521. The van der Waals surface area contributed by atoms with Crippen molar-refractivity contribution in [3.8, 4) is 0 Å². The molecule has 2 saturated carbocycles. The highest BCUT2D eigenvalue weighted by Gasteiger charge is 2.42. The first-order valence-corrected chi connectivity index (χ1v) is 4.72. The van der Waals surface area contributed by atoms with Gasteiger partial charge in [-0.15, -0.1) is 0 Å². The van der Waals surface area contributed by atoms with Gasteiger partial charge in [0.1, 0.15) is 5.78 Å². The van der Waals surface area contributed by atoms with Crippen molar-refractivity contribution in [2.45, 2.75) is 45.4 Å². The van der Waals surface area contributed by atoms with Crippen molar-refractivity contribution in [3.63, 3.8) is 0 Å². The highest BCUT2D eigenvalue weighted by Crippen LogP contribution is 2.51. The van der Waals surface area contributed by atoms with Crippen LogP contribution in [0.5, 0.6) is 0 Å². The van der Waals surface area contributed by atoms with Crippen LogP contribution in [0, 0.1) is 11.3 Å². The lowest BCUT2D eigenvalue weighted by atomic mass is 9.84. The van der Waals surface area contributed by atoms with Crippen LogP contribution in [0.2, 0.25) is 0 Å². The second kappa shape index (κ2) is 2.33. The number of Topliss-reactive ketones (excluding diaryl/α,β-unsaturated/α-hetero) is 1. The molecule has 2 aliphatic carbocycles. The summed E-state index contributed by atoms with van der Waals surface area (Å²) >= 11 is 0. The number of hydrogen-bond donors (Lipinski definition) is 0. The molecule has 0 heterocycles. The summed E-state index contributed by atoms with van der Waals surface area (Å²) in [6.45, 7) is 2.32. The Morgan fingerprint density at radius 3 is 2.73 bits per heavy atom. The van der Waals surface area contributed by atoms with Crippen molar-refractivity contribution in [2.75, 3.05) is 0 Å². The Morgan fingerprint density at radius 2 is 2.27 bits per heavy atom. The van der Waals surface area contributed by atoms with Gasteiger partial charge in [-0.1, -0.05) is 13.3 Å². The van der Waals surface area contributed by atoms with Crippen molar-refractivity contribution in [1.82, 2.24) is 0 Å². The number of carbonyl (C=O) groups excluding carboxylic acids is 1. The summed E-state index contributed by atoms with van der Waals surface area (Å²) in [5, 5.41) is 0. The van der Waals surface area contributed by atoms with Crippen molar-refractivity contribution >= 4 is 5.78 Å². The maximum Gasteiger partial charge on any atom is 0.133 e. The molecule has 1 nitrogen and oxygen atoms in total. The molecule has 1 spiro atoms. The van der Waals surface area contributed by atoms with Crippen LogP contribution in [0.25, 0.3) is 0 Å². The van der Waals surface area contributed by atoms with Crippen LogP contribution in [0.3, 0.4) is 0 Å². The van der Waals surface area contributed by atoms with Gasteiger partial charge < -0.3 is 0 Å². The lowest BCUT2D eigenvalue weighted by Crippen LogP contribution is -2.11. The molecule has 1 heteroatoms. The third-order valence-corrected chi connectivity index (χ3v) is 3.46. The fourth-order valence-corrected chi connectivity index (χ4v) is 2.88. The SMILES string of the molecule is C[C@@H]1CCC2(CCC(=O)C2)C1. The van der Waals surface area contributed by atoms with E-state index in [0.29, 0.717) is 11.2 Å². The molecule has 2 rings (SSSR count). The summed E-state index contributed by atoms with van der Waals surface area (Å²) in [4.78, 5) is 11.1. The van der Waals surface area contributed by atoms with Gasteiger partial charge in [0.15, 0.2) is 0 Å². The van der Waals surface area contributed by atoms with Crippen LogP contribution in [0.1, 0.15) is 45.4 Å². The fraction of sp³-hybridized carbons (Fsp3) is 0.900. The van der Waals surface area contributed by atoms with Gasteiger partial charge in [0, 0.05) is 12.8 Å². The number of hydrogen-bond acceptors (Lipinski definition) is 1. The van der Waals surface area contributed by atoms with E-state index < -0.39 is 0 Å². The van der Waals surface area contributed by atoms with Gasteiger partial charge in [-0.3, -0.25) is 4.79 Å². The van der Waals surface area contributed by atoms with Crippen LogP contribution in [-0.2, 0) is 4.79 Å². The zero-order valence-electron chi connectivity index (χ0n) is 7.23. The number of ketones is 1. The minimum absolute atomic E-state index is 0.483. The third-order valence-electron chi connectivity index (χ3n) is 3.46. The molecule has 0 aromatic carbocycles. The minimum atomic E-state index is 0.483. The lowest BCUT2D eigenvalue weighted by molar-refractivity contribution is -0.118. The van der Waals surface area contributed by atoms with Crippen LogP contribution in [0.15, 0.2) is 0 Å². The Hall–Kier alpha value is -0.330. The summed E-state index contributed by atoms with van der Waals surface area (Å²) in [6, 6.07) is 0. The van der Waals surface area contributed by atoms with Crippen molar-refractivity contribution < 1.29 is 4.79 Å². The smallest absolute Gasteiger partial charge is 0.133 e. The second-order valence-electron chi connectivity index (χ2n) is 4.56. The first kappa shape index (κ1) is 7.33. The summed E-state index contributed by atoms with van der Waals surface area (Å²) in [6.07, 6.45) is 6.95. The van der Waals surface area contributed by atoms with E-state index in [2.05, 4.69) is 6.92 Å². The molecule has 0 saturated heterocycles. The molecule has 1 unspecified atom stereocenters. The molecular formula is C10H16O. The maximum atomic E-state index is 11.1. The number of rotatable bonds is 0. The van der Waals surface area contributed by atoms with Crippen molar-refractivity contribution in [1.29, 1.82) is 0 Å². The van der Waals surface area contributed by atoms with Gasteiger partial charge in [-0.05, 0) is 30.6 Å². The fourth-order valence-electron chi connectivity index (χ4n) is 2.88. The van der Waals surface area contributed by atoms with Crippen LogP contribution in [0.4, 0.5) is 0 Å². The van der Waals surface area contributed by atoms with E-state index >= 15 is 0 Å². The topological polar surface area (TPSA) is 17.1 Å². The third kappa shape index (κ3) is 1.21. The van der Waals surface area contributed by atoms with Crippen LogP contribution >= 0.6 is 0 Å². The molecule has 62 valence electrons. The highest BCUT2D eigenvalue weighted by atomic mass is 16.1. The second-order valence-corrected chi connectivity index (χ2v) is 4.56. The van der Waals surface area contributed by atoms with E-state index in [0.717, 1.165) is 18.8 Å². The van der Waals surface area contributed by atoms with Crippen LogP contribution in [-0.4, -0.2) is 5.78 Å². The first-order chi connectivity index (χ1) is 5.20. The Bertz CT molecular complexity index is 185. The van der Waals surface area contributed by atoms with E-state index in [-0.39, 0.29) is 0 Å². The Morgan fingerprint density at radius 1 is 1.45 bits per heavy atom. The summed E-state index contributed by atoms with van der Waals surface area (Å²) in [7, 11) is 0. The van der Waals surface area contributed by atoms with E-state index in [1.807, 2.05) is 0 Å². The lowest BCUT2D eigenvalue weighted by Gasteiger charge is -2.20. The highest BCUT2D eigenvalue weighted by molar-refractivity contribution is 5.81. The molecule has 0 bridgehead atoms. The van der Waals surface area contributed by atoms with Gasteiger partial charge >= 0.3 is 0 Å². The molecule has 2 fully saturated rings. The molecule has 0 aliphatic heterocycles. The monoisotopic (exact) mass is 152 g/mol. The summed E-state index contributed by atoms with van der Waals surface area (Å²) in [5.74, 6) is 1.39. The van der Waals surface area contributed by atoms with Gasteiger partial charge in [-0.2, -0.15) is 0 Å². The van der Waals surface area contributed by atoms with Gasteiger partial charge in [-0.25, -0.2) is 0 Å². The molecule has 2 atom stereocenters. The number of carbonyl (C=O) groups is 1. The zero-order chi connectivity index (χ0) is 7.90. The Kier molecular flexibility index (Phi) is 1.55. The van der Waals surface area contributed by atoms with E-state index in [1.54, 1.807) is 0 Å². The van der Waals surface area contributed by atoms with E-state index in [9.17, 15) is 4.79 Å². The average molecular weight is 152 g/mol. The predicted molar refractivity (Wildman–Crippen MR) is 44.3 cm³/mol. The standard InChI is InChI=1S/C10H16O/c1-8-2-4-10(6-8)5-3-9(11)7-10/h8H,2-7H2,1H3/t8-,10?/m1/s1. The average Bonchev–Trinajstić information content (AvgIpc) is 2.44. The molecule has 2 aliphatic rings. The summed E-state index contributed by atoms with van der Waals surface area (Å²) in [5.41, 5.74) is 0.483. The molecule has 0 radical (unpaired) electrons. The van der Waals surface area contributed by atoms with E-state index in [1.165, 1.54) is 25.7 Å². The minimum Gasteiger partial charge on any atom is -0.300 e.